The molecule has 7 nitrogen and oxygen atoms in total. The molecule has 8 heteroatoms. The van der Waals surface area contributed by atoms with Crippen LogP contribution in [0.15, 0.2) is 10.1 Å². The molecule has 0 radical (unpaired) electrons. The molecular weight excluding hydrogens is 384 g/mol. The molecule has 0 spiro atoms. The molecule has 0 aliphatic heterocycles. The lowest BCUT2D eigenvalue weighted by molar-refractivity contribution is 0.253. The molecule has 1 aromatic heterocycles. The summed E-state index contributed by atoms with van der Waals surface area (Å²) in [5.41, 5.74) is 0. The van der Waals surface area contributed by atoms with Gasteiger partial charge in [-0.15, -0.1) is 10.2 Å². The summed E-state index contributed by atoms with van der Waals surface area (Å²) in [6.07, 6.45) is 12.2. The van der Waals surface area contributed by atoms with Crippen LogP contribution in [-0.4, -0.2) is 58.3 Å². The third-order valence-corrected chi connectivity index (χ3v) is 6.21. The fourth-order valence-corrected chi connectivity index (χ4v) is 4.65. The van der Waals surface area contributed by atoms with E-state index in [0.717, 1.165) is 68.7 Å². The first kappa shape index (κ1) is 24.0. The summed E-state index contributed by atoms with van der Waals surface area (Å²) >= 11 is 1.70. The zero-order chi connectivity index (χ0) is 20.9. The maximum atomic E-state index is 9.24. The van der Waals surface area contributed by atoms with E-state index in [1.54, 1.807) is 11.8 Å². The second-order valence-corrected chi connectivity index (χ2v) is 8.60. The number of hydrogen-bond acceptors (Lipinski definition) is 5. The summed E-state index contributed by atoms with van der Waals surface area (Å²) in [6.45, 7) is 6.97. The van der Waals surface area contributed by atoms with Gasteiger partial charge in [0.2, 0.25) is 0 Å². The highest BCUT2D eigenvalue weighted by atomic mass is 32.2. The van der Waals surface area contributed by atoms with E-state index in [1.165, 1.54) is 25.7 Å². The molecule has 1 aliphatic rings. The number of thioether (sulfide) groups is 1. The molecule has 0 bridgehead atoms. The number of aliphatic imine (C=N–C) groups is 1. The van der Waals surface area contributed by atoms with Crippen molar-refractivity contribution in [1.29, 1.82) is 0 Å². The molecule has 3 N–H and O–H groups in total. The van der Waals surface area contributed by atoms with Gasteiger partial charge in [0.05, 0.1) is 0 Å². The van der Waals surface area contributed by atoms with Gasteiger partial charge in [-0.1, -0.05) is 37.9 Å². The van der Waals surface area contributed by atoms with Crippen LogP contribution in [0.2, 0.25) is 0 Å². The molecule has 1 aromatic rings. The van der Waals surface area contributed by atoms with Crippen LogP contribution < -0.4 is 10.6 Å². The molecule has 166 valence electrons. The Kier molecular flexibility index (Phi) is 11.5. The SMILES string of the molecule is CCCC(CCO)CN=C(NCC)NCCCc1nnc(SC)n1C1CCCC1. The lowest BCUT2D eigenvalue weighted by Gasteiger charge is -2.17. The van der Waals surface area contributed by atoms with E-state index in [-0.39, 0.29) is 6.61 Å². The molecular formula is C21H40N6OS. The van der Waals surface area contributed by atoms with E-state index in [4.69, 9.17) is 4.99 Å². The lowest BCUT2D eigenvalue weighted by atomic mass is 10.0. The minimum Gasteiger partial charge on any atom is -0.396 e. The fraction of sp³-hybridized carbons (Fsp3) is 0.857. The highest BCUT2D eigenvalue weighted by molar-refractivity contribution is 7.98. The molecule has 0 aromatic carbocycles. The lowest BCUT2D eigenvalue weighted by Crippen LogP contribution is -2.38. The van der Waals surface area contributed by atoms with Crippen LogP contribution >= 0.6 is 11.8 Å². The summed E-state index contributed by atoms with van der Waals surface area (Å²) < 4.78 is 2.39. The Morgan fingerprint density at radius 1 is 1.24 bits per heavy atom. The van der Waals surface area contributed by atoms with Crippen molar-refractivity contribution >= 4 is 17.7 Å². The van der Waals surface area contributed by atoms with Crippen molar-refractivity contribution in [3.8, 4) is 0 Å². The van der Waals surface area contributed by atoms with Crippen LogP contribution in [0.25, 0.3) is 0 Å². The molecule has 0 saturated heterocycles. The van der Waals surface area contributed by atoms with Gasteiger partial charge in [0.25, 0.3) is 0 Å². The van der Waals surface area contributed by atoms with E-state index in [9.17, 15) is 5.11 Å². The zero-order valence-corrected chi connectivity index (χ0v) is 19.3. The topological polar surface area (TPSA) is 87.4 Å². The third-order valence-electron chi connectivity index (χ3n) is 5.56. The Labute approximate surface area is 180 Å². The number of rotatable bonds is 13. The van der Waals surface area contributed by atoms with Crippen molar-refractivity contribution in [3.63, 3.8) is 0 Å². The van der Waals surface area contributed by atoms with E-state index < -0.39 is 0 Å². The summed E-state index contributed by atoms with van der Waals surface area (Å²) in [4.78, 5) is 4.74. The monoisotopic (exact) mass is 424 g/mol. The third kappa shape index (κ3) is 7.81. The van der Waals surface area contributed by atoms with Gasteiger partial charge < -0.3 is 20.3 Å². The number of aliphatic hydroxyl groups is 1. The number of nitrogens with one attached hydrogen (secondary N) is 2. The van der Waals surface area contributed by atoms with Crippen molar-refractivity contribution in [2.45, 2.75) is 82.8 Å². The summed E-state index contributed by atoms with van der Waals surface area (Å²) in [5, 5.41) is 26.0. The standard InChI is InChI=1S/C21H40N6OS/c1-4-9-17(13-15-28)16-24-20(22-5-2)23-14-8-12-19-25-26-21(29-3)27(19)18-10-6-7-11-18/h17-18,28H,4-16H2,1-3H3,(H2,22,23,24). The second kappa shape index (κ2) is 13.9. The first-order valence-electron chi connectivity index (χ1n) is 11.3. The molecule has 1 heterocycles. The Bertz CT molecular complexity index is 594. The van der Waals surface area contributed by atoms with Crippen molar-refractivity contribution in [2.75, 3.05) is 32.5 Å². The number of aryl methyl sites for hydroxylation is 1. The molecule has 2 rings (SSSR count). The average molecular weight is 425 g/mol. The van der Waals surface area contributed by atoms with Crippen molar-refractivity contribution < 1.29 is 5.11 Å². The molecule has 1 fully saturated rings. The maximum Gasteiger partial charge on any atom is 0.191 e. The van der Waals surface area contributed by atoms with Crippen molar-refractivity contribution in [2.24, 2.45) is 10.9 Å². The first-order valence-corrected chi connectivity index (χ1v) is 12.6. The van der Waals surface area contributed by atoms with Crippen LogP contribution in [-0.2, 0) is 6.42 Å². The Hall–Kier alpha value is -1.28. The smallest absolute Gasteiger partial charge is 0.191 e. The predicted molar refractivity (Wildman–Crippen MR) is 122 cm³/mol. The van der Waals surface area contributed by atoms with Gasteiger partial charge in [-0.25, -0.2) is 0 Å². The minimum absolute atomic E-state index is 0.240. The second-order valence-electron chi connectivity index (χ2n) is 7.83. The van der Waals surface area contributed by atoms with Crippen LogP contribution in [0.5, 0.6) is 0 Å². The molecule has 1 aliphatic carbocycles. The zero-order valence-electron chi connectivity index (χ0n) is 18.5. The van der Waals surface area contributed by atoms with Gasteiger partial charge in [-0.05, 0) is 51.2 Å². The van der Waals surface area contributed by atoms with E-state index >= 15 is 0 Å². The van der Waals surface area contributed by atoms with Gasteiger partial charge >= 0.3 is 0 Å². The van der Waals surface area contributed by atoms with Crippen LogP contribution in [0.3, 0.4) is 0 Å². The fourth-order valence-electron chi connectivity index (χ4n) is 4.08. The number of guanidine groups is 1. The number of hydrogen-bond donors (Lipinski definition) is 3. The molecule has 29 heavy (non-hydrogen) atoms. The van der Waals surface area contributed by atoms with Crippen molar-refractivity contribution in [3.05, 3.63) is 5.82 Å². The van der Waals surface area contributed by atoms with E-state index in [1.807, 2.05) is 0 Å². The van der Waals surface area contributed by atoms with Crippen LogP contribution in [0.4, 0.5) is 0 Å². The van der Waals surface area contributed by atoms with Crippen LogP contribution in [0, 0.1) is 5.92 Å². The van der Waals surface area contributed by atoms with Gasteiger partial charge in [0.1, 0.15) is 5.82 Å². The normalized spacial score (nSPS) is 16.3. The van der Waals surface area contributed by atoms with Gasteiger partial charge in [0, 0.05) is 38.7 Å². The number of aliphatic hydroxyl groups excluding tert-OH is 1. The number of aromatic nitrogens is 3. The quantitative estimate of drug-likeness (QED) is 0.195. The highest BCUT2D eigenvalue weighted by Gasteiger charge is 2.23. The molecule has 1 unspecified atom stereocenters. The Morgan fingerprint density at radius 2 is 2.03 bits per heavy atom. The van der Waals surface area contributed by atoms with Gasteiger partial charge in [0.15, 0.2) is 11.1 Å². The Morgan fingerprint density at radius 3 is 2.69 bits per heavy atom. The summed E-state index contributed by atoms with van der Waals surface area (Å²) in [6, 6.07) is 0.580. The summed E-state index contributed by atoms with van der Waals surface area (Å²) in [7, 11) is 0. The van der Waals surface area contributed by atoms with Gasteiger partial charge in [-0.3, -0.25) is 4.99 Å². The van der Waals surface area contributed by atoms with E-state index in [2.05, 4.69) is 45.5 Å². The van der Waals surface area contributed by atoms with E-state index in [0.29, 0.717) is 12.0 Å². The molecule has 0 amide bonds. The maximum absolute atomic E-state index is 9.24. The number of nitrogens with zero attached hydrogens (tertiary/aromatic N) is 4. The van der Waals surface area contributed by atoms with Crippen LogP contribution in [0.1, 0.15) is 77.1 Å². The average Bonchev–Trinajstić information content (AvgIpc) is 3.38. The predicted octanol–water partition coefficient (Wildman–Crippen LogP) is 3.40. The van der Waals surface area contributed by atoms with Gasteiger partial charge in [-0.2, -0.15) is 0 Å². The Balaban J connectivity index is 1.85. The minimum atomic E-state index is 0.240. The molecule has 1 saturated carbocycles. The summed E-state index contributed by atoms with van der Waals surface area (Å²) in [5.74, 6) is 2.44. The first-order chi connectivity index (χ1) is 14.2. The highest BCUT2D eigenvalue weighted by Crippen LogP contribution is 2.33. The largest absolute Gasteiger partial charge is 0.396 e. The molecule has 1 atom stereocenters. The van der Waals surface area contributed by atoms with Crippen molar-refractivity contribution in [1.82, 2.24) is 25.4 Å².